The Hall–Kier alpha value is -2.20. The Morgan fingerprint density at radius 2 is 1.67 bits per heavy atom. The molecule has 0 aliphatic heterocycles. The van der Waals surface area contributed by atoms with Gasteiger partial charge in [0.1, 0.15) is 5.75 Å². The van der Waals surface area contributed by atoms with Crippen LogP contribution >= 0.6 is 12.4 Å². The number of carbonyl (C=O) groups excluding carboxylic acids is 1. The highest BCUT2D eigenvalue weighted by Crippen LogP contribution is 2.25. The average Bonchev–Trinajstić information content (AvgIpc) is 2.61. The number of carbonyl (C=O) groups is 1. The van der Waals surface area contributed by atoms with Crippen LogP contribution < -0.4 is 15.8 Å². The van der Waals surface area contributed by atoms with Crippen molar-refractivity contribution in [3.63, 3.8) is 0 Å². The van der Waals surface area contributed by atoms with Crippen LogP contribution in [0.4, 0.5) is 5.69 Å². The van der Waals surface area contributed by atoms with Gasteiger partial charge in [0.2, 0.25) is 5.91 Å². The lowest BCUT2D eigenvalue weighted by Gasteiger charge is -2.26. The first kappa shape index (κ1) is 22.8. The van der Waals surface area contributed by atoms with E-state index in [4.69, 9.17) is 10.5 Å². The Kier molecular flexibility index (Phi) is 8.64. The highest BCUT2D eigenvalue weighted by Gasteiger charge is 2.21. The number of nitrogens with two attached hydrogens (primary N) is 1. The van der Waals surface area contributed by atoms with Crippen molar-refractivity contribution in [2.24, 2.45) is 5.92 Å². The number of rotatable bonds is 8. The molecule has 27 heavy (non-hydrogen) atoms. The Balaban J connectivity index is 0.00000364. The highest BCUT2D eigenvalue weighted by molar-refractivity contribution is 5.85. The molecule has 148 valence electrons. The van der Waals surface area contributed by atoms with Crippen LogP contribution in [0.1, 0.15) is 38.8 Å². The smallest absolute Gasteiger partial charge is 0.224 e. The molecule has 0 unspecified atom stereocenters. The summed E-state index contributed by atoms with van der Waals surface area (Å²) in [6.45, 7) is 9.80. The van der Waals surface area contributed by atoms with Gasteiger partial charge in [-0.2, -0.15) is 0 Å². The van der Waals surface area contributed by atoms with Crippen LogP contribution in [0.15, 0.2) is 48.5 Å². The molecule has 0 fully saturated rings. The lowest BCUT2D eigenvalue weighted by atomic mass is 9.84. The summed E-state index contributed by atoms with van der Waals surface area (Å²) in [5.74, 6) is 1.40. The van der Waals surface area contributed by atoms with E-state index in [0.29, 0.717) is 31.2 Å². The van der Waals surface area contributed by atoms with Crippen LogP contribution in [0, 0.1) is 5.92 Å². The number of ether oxygens (including phenoxy) is 1. The van der Waals surface area contributed by atoms with Gasteiger partial charge in [-0.05, 0) is 41.3 Å². The Morgan fingerprint density at radius 1 is 1.07 bits per heavy atom. The molecular weight excluding hydrogens is 360 g/mol. The molecule has 2 rings (SSSR count). The number of amides is 1. The molecule has 1 amide bonds. The first-order chi connectivity index (χ1) is 12.3. The second kappa shape index (κ2) is 10.2. The third-order valence-electron chi connectivity index (χ3n) is 4.29. The van der Waals surface area contributed by atoms with Crippen molar-refractivity contribution in [3.8, 4) is 5.75 Å². The number of hydrogen-bond acceptors (Lipinski definition) is 3. The molecule has 0 saturated heterocycles. The van der Waals surface area contributed by atoms with Crippen molar-refractivity contribution < 1.29 is 9.53 Å². The van der Waals surface area contributed by atoms with Gasteiger partial charge in [-0.15, -0.1) is 12.4 Å². The molecule has 0 spiro atoms. The summed E-state index contributed by atoms with van der Waals surface area (Å²) < 4.78 is 5.73. The number of nitrogens with one attached hydrogen (secondary N) is 1. The number of hydrogen-bond donors (Lipinski definition) is 2. The van der Waals surface area contributed by atoms with Gasteiger partial charge in [0.05, 0.1) is 13.0 Å². The van der Waals surface area contributed by atoms with E-state index >= 15 is 0 Å². The van der Waals surface area contributed by atoms with Gasteiger partial charge in [-0.1, -0.05) is 52.0 Å². The van der Waals surface area contributed by atoms with Crippen LogP contribution in [-0.2, 0) is 16.6 Å². The van der Waals surface area contributed by atoms with Crippen molar-refractivity contribution in [2.75, 3.05) is 18.9 Å². The van der Waals surface area contributed by atoms with Crippen molar-refractivity contribution in [2.45, 2.75) is 39.5 Å². The van der Waals surface area contributed by atoms with Gasteiger partial charge in [0, 0.05) is 17.6 Å². The zero-order chi connectivity index (χ0) is 19.2. The van der Waals surface area contributed by atoms with Gasteiger partial charge in [-0.25, -0.2) is 0 Å². The van der Waals surface area contributed by atoms with Crippen LogP contribution in [0.3, 0.4) is 0 Å². The van der Waals surface area contributed by atoms with E-state index < -0.39 is 0 Å². The fraction of sp³-hybridized carbons (Fsp3) is 0.409. The summed E-state index contributed by atoms with van der Waals surface area (Å²) in [7, 11) is 0. The number of anilines is 1. The van der Waals surface area contributed by atoms with Gasteiger partial charge in [0.15, 0.2) is 0 Å². The molecule has 0 saturated carbocycles. The summed E-state index contributed by atoms with van der Waals surface area (Å²) in [4.78, 5) is 12.2. The van der Waals surface area contributed by atoms with E-state index in [1.165, 1.54) is 5.56 Å². The number of halogens is 1. The summed E-state index contributed by atoms with van der Waals surface area (Å²) in [6.07, 6.45) is 0.359. The lowest BCUT2D eigenvalue weighted by molar-refractivity contribution is -0.120. The highest BCUT2D eigenvalue weighted by atomic mass is 35.5. The second-order valence-electron chi connectivity index (χ2n) is 7.81. The zero-order valence-corrected chi connectivity index (χ0v) is 17.4. The van der Waals surface area contributed by atoms with E-state index in [-0.39, 0.29) is 23.7 Å². The maximum absolute atomic E-state index is 12.2. The number of nitrogen functional groups attached to an aromatic ring is 1. The van der Waals surface area contributed by atoms with Crippen molar-refractivity contribution in [3.05, 3.63) is 59.7 Å². The monoisotopic (exact) mass is 390 g/mol. The van der Waals surface area contributed by atoms with E-state index in [9.17, 15) is 4.79 Å². The van der Waals surface area contributed by atoms with Gasteiger partial charge in [-0.3, -0.25) is 4.79 Å². The van der Waals surface area contributed by atoms with Gasteiger partial charge >= 0.3 is 0 Å². The van der Waals surface area contributed by atoms with Crippen LogP contribution in [0.5, 0.6) is 5.75 Å². The van der Waals surface area contributed by atoms with E-state index in [2.05, 4.69) is 45.1 Å². The molecule has 0 aromatic heterocycles. The topological polar surface area (TPSA) is 64.3 Å². The summed E-state index contributed by atoms with van der Waals surface area (Å²) >= 11 is 0. The van der Waals surface area contributed by atoms with Crippen LogP contribution in [0.2, 0.25) is 0 Å². The first-order valence-electron chi connectivity index (χ1n) is 9.11. The Labute approximate surface area is 168 Å². The van der Waals surface area contributed by atoms with Crippen LogP contribution in [-0.4, -0.2) is 19.1 Å². The summed E-state index contributed by atoms with van der Waals surface area (Å²) in [6, 6.07) is 15.5. The maximum Gasteiger partial charge on any atom is 0.224 e. The molecule has 0 bridgehead atoms. The minimum Gasteiger partial charge on any atom is -0.493 e. The van der Waals surface area contributed by atoms with E-state index in [0.717, 1.165) is 11.3 Å². The second-order valence-corrected chi connectivity index (χ2v) is 7.81. The van der Waals surface area contributed by atoms with Crippen molar-refractivity contribution in [1.82, 2.24) is 5.32 Å². The molecular formula is C22H31ClN2O2. The fourth-order valence-electron chi connectivity index (χ4n) is 2.57. The summed E-state index contributed by atoms with van der Waals surface area (Å²) in [5, 5.41) is 3.04. The molecule has 0 atom stereocenters. The number of benzene rings is 2. The molecule has 5 heteroatoms. The molecule has 4 nitrogen and oxygen atoms in total. The minimum absolute atomic E-state index is 0. The molecule has 0 radical (unpaired) electrons. The molecule has 2 aromatic carbocycles. The molecule has 0 aliphatic rings. The standard InChI is InChI=1S/C22H30N2O2.ClH/c1-16(2)14-26-20-11-7-18(8-12-20)22(3,4)15-24-21(25)13-17-5-9-19(23)10-6-17;/h5-12,16H,13-15,23H2,1-4H3,(H,24,25);1H. The normalized spacial score (nSPS) is 11.0. The SMILES string of the molecule is CC(C)COc1ccc(C(C)(C)CNC(=O)Cc2ccc(N)cc2)cc1.Cl. The average molecular weight is 391 g/mol. The third kappa shape index (κ3) is 7.51. The largest absolute Gasteiger partial charge is 0.493 e. The molecule has 0 heterocycles. The van der Waals surface area contributed by atoms with Crippen molar-refractivity contribution >= 4 is 24.0 Å². The van der Waals surface area contributed by atoms with Crippen LogP contribution in [0.25, 0.3) is 0 Å². The van der Waals surface area contributed by atoms with E-state index in [1.807, 2.05) is 36.4 Å². The van der Waals surface area contributed by atoms with Crippen molar-refractivity contribution in [1.29, 1.82) is 0 Å². The first-order valence-corrected chi connectivity index (χ1v) is 9.11. The predicted octanol–water partition coefficient (Wildman–Crippen LogP) is 4.36. The predicted molar refractivity (Wildman–Crippen MR) is 115 cm³/mol. The van der Waals surface area contributed by atoms with Gasteiger partial charge in [0.25, 0.3) is 0 Å². The quantitative estimate of drug-likeness (QED) is 0.658. The maximum atomic E-state index is 12.2. The summed E-state index contributed by atoms with van der Waals surface area (Å²) in [5.41, 5.74) is 8.35. The molecule has 2 aromatic rings. The molecule has 0 aliphatic carbocycles. The fourth-order valence-corrected chi connectivity index (χ4v) is 2.57. The van der Waals surface area contributed by atoms with Gasteiger partial charge < -0.3 is 15.8 Å². The minimum atomic E-state index is -0.159. The zero-order valence-electron chi connectivity index (χ0n) is 16.6. The Morgan fingerprint density at radius 3 is 2.22 bits per heavy atom. The molecule has 3 N–H and O–H groups in total. The Bertz CT molecular complexity index is 710. The lowest BCUT2D eigenvalue weighted by Crippen LogP contribution is -2.37. The van der Waals surface area contributed by atoms with E-state index in [1.54, 1.807) is 0 Å². The third-order valence-corrected chi connectivity index (χ3v) is 4.29.